The van der Waals surface area contributed by atoms with Crippen LogP contribution in [-0.2, 0) is 5.41 Å². The molecule has 0 aliphatic carbocycles. The second kappa shape index (κ2) is 5.21. The Hall–Kier alpha value is -0.960. The lowest BCUT2D eigenvalue weighted by molar-refractivity contribution is 0.556. The zero-order chi connectivity index (χ0) is 11.3. The minimum Gasteiger partial charge on any atom is -0.146 e. The minimum absolute atomic E-state index is 0.0140. The van der Waals surface area contributed by atoms with E-state index in [1.165, 1.54) is 22.0 Å². The van der Waals surface area contributed by atoms with Gasteiger partial charge in [-0.15, -0.1) is 11.7 Å². The SMILES string of the molecule is C=CC(C)(CCC=C(C)C)c1cnns1. The maximum Gasteiger partial charge on any atom is 0.0662 e. The lowest BCUT2D eigenvalue weighted by Crippen LogP contribution is -2.16. The lowest BCUT2D eigenvalue weighted by Gasteiger charge is -2.22. The molecule has 0 amide bonds. The topological polar surface area (TPSA) is 25.8 Å². The molecule has 1 atom stereocenters. The number of allylic oxidation sites excluding steroid dienone is 3. The molecule has 82 valence electrons. The van der Waals surface area contributed by atoms with E-state index >= 15 is 0 Å². The van der Waals surface area contributed by atoms with E-state index in [1.807, 2.05) is 12.3 Å². The quantitative estimate of drug-likeness (QED) is 0.709. The Balaban J connectivity index is 2.70. The van der Waals surface area contributed by atoms with Crippen LogP contribution in [0.2, 0.25) is 0 Å². The largest absolute Gasteiger partial charge is 0.146 e. The first-order valence-corrected chi connectivity index (χ1v) is 5.90. The van der Waals surface area contributed by atoms with Crippen molar-refractivity contribution < 1.29 is 0 Å². The van der Waals surface area contributed by atoms with E-state index in [1.54, 1.807) is 0 Å². The van der Waals surface area contributed by atoms with Crippen LogP contribution in [0.5, 0.6) is 0 Å². The molecule has 0 aliphatic rings. The highest BCUT2D eigenvalue weighted by atomic mass is 32.1. The van der Waals surface area contributed by atoms with E-state index in [2.05, 4.69) is 43.0 Å². The van der Waals surface area contributed by atoms with Gasteiger partial charge in [0, 0.05) is 5.41 Å². The van der Waals surface area contributed by atoms with Gasteiger partial charge in [0.1, 0.15) is 0 Å². The molecule has 1 rings (SSSR count). The molecule has 0 spiro atoms. The maximum atomic E-state index is 3.92. The predicted octanol–water partition coefficient (Wildman–Crippen LogP) is 3.73. The third-order valence-corrected chi connectivity index (χ3v) is 3.54. The van der Waals surface area contributed by atoms with Gasteiger partial charge >= 0.3 is 0 Å². The molecule has 1 heterocycles. The van der Waals surface area contributed by atoms with Gasteiger partial charge < -0.3 is 0 Å². The van der Waals surface area contributed by atoms with Gasteiger partial charge in [-0.05, 0) is 38.2 Å². The van der Waals surface area contributed by atoms with E-state index in [-0.39, 0.29) is 5.41 Å². The van der Waals surface area contributed by atoms with Crippen LogP contribution >= 0.6 is 11.5 Å². The Kier molecular flexibility index (Phi) is 4.21. The van der Waals surface area contributed by atoms with Crippen molar-refractivity contribution in [3.8, 4) is 0 Å². The number of aromatic nitrogens is 2. The summed E-state index contributed by atoms with van der Waals surface area (Å²) in [6.07, 6.45) is 8.24. The lowest BCUT2D eigenvalue weighted by atomic mass is 9.84. The summed E-state index contributed by atoms with van der Waals surface area (Å²) in [5.41, 5.74) is 1.38. The highest BCUT2D eigenvalue weighted by Gasteiger charge is 2.24. The first kappa shape index (κ1) is 12.1. The van der Waals surface area contributed by atoms with Crippen LogP contribution in [0.15, 0.2) is 30.5 Å². The summed E-state index contributed by atoms with van der Waals surface area (Å²) in [7, 11) is 0. The van der Waals surface area contributed by atoms with Gasteiger partial charge in [-0.1, -0.05) is 29.1 Å². The van der Waals surface area contributed by atoms with E-state index in [0.29, 0.717) is 0 Å². The van der Waals surface area contributed by atoms with Gasteiger partial charge in [-0.2, -0.15) is 0 Å². The molecule has 0 saturated heterocycles. The van der Waals surface area contributed by atoms with Crippen LogP contribution in [0, 0.1) is 0 Å². The monoisotopic (exact) mass is 222 g/mol. The maximum absolute atomic E-state index is 3.92. The summed E-state index contributed by atoms with van der Waals surface area (Å²) in [5, 5.41) is 3.88. The fourth-order valence-corrected chi connectivity index (χ4v) is 2.08. The summed E-state index contributed by atoms with van der Waals surface area (Å²) in [6.45, 7) is 10.4. The van der Waals surface area contributed by atoms with Crippen molar-refractivity contribution in [3.63, 3.8) is 0 Å². The van der Waals surface area contributed by atoms with Crippen LogP contribution in [0.4, 0.5) is 0 Å². The van der Waals surface area contributed by atoms with Gasteiger partial charge in [-0.25, -0.2) is 0 Å². The molecule has 15 heavy (non-hydrogen) atoms. The first-order valence-electron chi connectivity index (χ1n) is 5.13. The van der Waals surface area contributed by atoms with Crippen molar-refractivity contribution >= 4 is 11.5 Å². The summed E-state index contributed by atoms with van der Waals surface area (Å²) in [4.78, 5) is 1.19. The van der Waals surface area contributed by atoms with Gasteiger partial charge in [0.15, 0.2) is 0 Å². The van der Waals surface area contributed by atoms with Crippen LogP contribution < -0.4 is 0 Å². The fraction of sp³-hybridized carbons (Fsp3) is 0.500. The standard InChI is InChI=1S/C12H18N2S/c1-5-12(4,8-6-7-10(2)3)11-9-13-14-15-11/h5,7,9H,1,6,8H2,2-4H3. The first-order chi connectivity index (χ1) is 7.08. The predicted molar refractivity (Wildman–Crippen MR) is 66.1 cm³/mol. The molecule has 1 aromatic rings. The Morgan fingerprint density at radius 1 is 1.60 bits per heavy atom. The smallest absolute Gasteiger partial charge is 0.0662 e. The molecule has 2 nitrogen and oxygen atoms in total. The number of rotatable bonds is 5. The highest BCUT2D eigenvalue weighted by molar-refractivity contribution is 7.05. The molecule has 1 unspecified atom stereocenters. The van der Waals surface area contributed by atoms with Crippen molar-refractivity contribution in [2.45, 2.75) is 39.0 Å². The summed E-state index contributed by atoms with van der Waals surface area (Å²) in [6, 6.07) is 0. The molecular weight excluding hydrogens is 204 g/mol. The number of hydrogen-bond acceptors (Lipinski definition) is 3. The van der Waals surface area contributed by atoms with E-state index in [0.717, 1.165) is 12.8 Å². The molecule has 0 aromatic carbocycles. The van der Waals surface area contributed by atoms with E-state index in [9.17, 15) is 0 Å². The molecule has 0 fully saturated rings. The zero-order valence-electron chi connectivity index (χ0n) is 9.66. The molecule has 0 N–H and O–H groups in total. The van der Waals surface area contributed by atoms with Crippen molar-refractivity contribution in [2.24, 2.45) is 0 Å². The normalized spacial score (nSPS) is 14.3. The minimum atomic E-state index is 0.0140. The van der Waals surface area contributed by atoms with Gasteiger partial charge in [0.05, 0.1) is 11.1 Å². The van der Waals surface area contributed by atoms with Gasteiger partial charge in [-0.3, -0.25) is 0 Å². The fourth-order valence-electron chi connectivity index (χ4n) is 1.41. The van der Waals surface area contributed by atoms with Crippen molar-refractivity contribution in [2.75, 3.05) is 0 Å². The van der Waals surface area contributed by atoms with Crippen LogP contribution in [0.3, 0.4) is 0 Å². The molecular formula is C12H18N2S. The molecule has 0 aliphatic heterocycles. The van der Waals surface area contributed by atoms with E-state index < -0.39 is 0 Å². The van der Waals surface area contributed by atoms with Crippen molar-refractivity contribution in [3.05, 3.63) is 35.4 Å². The average Bonchev–Trinajstić information content (AvgIpc) is 2.70. The molecule has 0 radical (unpaired) electrons. The Labute approximate surface area is 95.9 Å². The van der Waals surface area contributed by atoms with Gasteiger partial charge in [0.2, 0.25) is 0 Å². The molecule has 3 heteroatoms. The van der Waals surface area contributed by atoms with Crippen molar-refractivity contribution in [1.29, 1.82) is 0 Å². The van der Waals surface area contributed by atoms with Crippen LogP contribution in [0.25, 0.3) is 0 Å². The van der Waals surface area contributed by atoms with Crippen molar-refractivity contribution in [1.82, 2.24) is 9.59 Å². The second-order valence-electron chi connectivity index (χ2n) is 4.22. The third kappa shape index (κ3) is 3.27. The van der Waals surface area contributed by atoms with Crippen LogP contribution in [-0.4, -0.2) is 9.59 Å². The van der Waals surface area contributed by atoms with E-state index in [4.69, 9.17) is 0 Å². The number of nitrogens with zero attached hydrogens (tertiary/aromatic N) is 2. The molecule has 0 bridgehead atoms. The zero-order valence-corrected chi connectivity index (χ0v) is 10.5. The summed E-state index contributed by atoms with van der Waals surface area (Å²) < 4.78 is 3.91. The highest BCUT2D eigenvalue weighted by Crippen LogP contribution is 2.32. The van der Waals surface area contributed by atoms with Crippen LogP contribution in [0.1, 0.15) is 38.5 Å². The second-order valence-corrected chi connectivity index (χ2v) is 5.01. The summed E-state index contributed by atoms with van der Waals surface area (Å²) >= 11 is 1.46. The third-order valence-electron chi connectivity index (χ3n) is 2.59. The Morgan fingerprint density at radius 3 is 2.80 bits per heavy atom. The number of hydrogen-bond donors (Lipinski definition) is 0. The molecule has 1 aromatic heterocycles. The Morgan fingerprint density at radius 2 is 2.33 bits per heavy atom. The Bertz CT molecular complexity index is 337. The summed E-state index contributed by atoms with van der Waals surface area (Å²) in [5.74, 6) is 0. The molecule has 0 saturated carbocycles. The van der Waals surface area contributed by atoms with Gasteiger partial charge in [0.25, 0.3) is 0 Å². The average molecular weight is 222 g/mol.